The predicted molar refractivity (Wildman–Crippen MR) is 88.0 cm³/mol. The average molecular weight is 323 g/mol. The molecule has 1 heterocycles. The number of benzene rings is 1. The summed E-state index contributed by atoms with van der Waals surface area (Å²) in [6, 6.07) is 7.98. The fourth-order valence-electron chi connectivity index (χ4n) is 1.71. The molecule has 22 heavy (non-hydrogen) atoms. The summed E-state index contributed by atoms with van der Waals surface area (Å²) in [5.74, 6) is 0.604. The largest absolute Gasteiger partial charge is 0.358 e. The maximum atomic E-state index is 10.8. The third kappa shape index (κ3) is 5.16. The quantitative estimate of drug-likeness (QED) is 0.345. The lowest BCUT2D eigenvalue weighted by Crippen LogP contribution is -2.08. The number of aryl methyl sites for hydroxylation is 2. The molecule has 0 bridgehead atoms. The Morgan fingerprint density at radius 3 is 2.50 bits per heavy atom. The van der Waals surface area contributed by atoms with E-state index in [2.05, 4.69) is 4.98 Å². The number of hydrogen-bond donors (Lipinski definition) is 0. The van der Waals surface area contributed by atoms with Gasteiger partial charge in [0.1, 0.15) is 12.7 Å². The molecule has 0 saturated carbocycles. The zero-order chi connectivity index (χ0) is 16.5. The van der Waals surface area contributed by atoms with Crippen LogP contribution in [0.1, 0.15) is 25.2 Å². The normalized spacial score (nSPS) is 10.0. The van der Waals surface area contributed by atoms with Gasteiger partial charge in [0.05, 0.1) is 6.61 Å². The van der Waals surface area contributed by atoms with Crippen molar-refractivity contribution in [3.63, 3.8) is 0 Å². The van der Waals surface area contributed by atoms with E-state index in [9.17, 15) is 10.1 Å². The molecular formula is C15H21N3O3S. The molecule has 2 rings (SSSR count). The molecule has 0 radical (unpaired) electrons. The summed E-state index contributed by atoms with van der Waals surface area (Å²) in [4.78, 5) is 15.3. The van der Waals surface area contributed by atoms with Gasteiger partial charge in [-0.25, -0.2) is 9.55 Å². The van der Waals surface area contributed by atoms with Crippen LogP contribution in [0, 0.1) is 24.0 Å². The predicted octanol–water partition coefficient (Wildman–Crippen LogP) is 4.16. The van der Waals surface area contributed by atoms with Crippen LogP contribution in [-0.2, 0) is 10.7 Å². The molecule has 0 aliphatic heterocycles. The topological polar surface area (TPSA) is 70.2 Å². The lowest BCUT2D eigenvalue weighted by molar-refractivity contribution is -0.392. The van der Waals surface area contributed by atoms with Gasteiger partial charge >= 0.3 is 5.82 Å². The van der Waals surface area contributed by atoms with Crippen molar-refractivity contribution in [1.82, 2.24) is 9.55 Å². The van der Waals surface area contributed by atoms with Crippen molar-refractivity contribution in [2.45, 2.75) is 39.1 Å². The Labute approximate surface area is 134 Å². The van der Waals surface area contributed by atoms with E-state index < -0.39 is 4.92 Å². The summed E-state index contributed by atoms with van der Waals surface area (Å²) < 4.78 is 7.01. The van der Waals surface area contributed by atoms with Gasteiger partial charge < -0.3 is 14.3 Å². The Kier molecular flexibility index (Phi) is 7.62. The SMILES string of the molecule is CC.Cc1ccc(SOCCn2c([N+](=O)[O-])cnc2C)cc1. The summed E-state index contributed by atoms with van der Waals surface area (Å²) in [5, 5.41) is 10.8. The Morgan fingerprint density at radius 1 is 1.27 bits per heavy atom. The van der Waals surface area contributed by atoms with E-state index >= 15 is 0 Å². The third-order valence-electron chi connectivity index (χ3n) is 2.80. The van der Waals surface area contributed by atoms with Crippen molar-refractivity contribution in [3.05, 3.63) is 52.0 Å². The van der Waals surface area contributed by atoms with E-state index in [1.54, 1.807) is 6.92 Å². The molecule has 0 aliphatic rings. The van der Waals surface area contributed by atoms with E-state index in [4.69, 9.17) is 4.18 Å². The van der Waals surface area contributed by atoms with E-state index in [1.807, 2.05) is 45.0 Å². The first kappa shape index (κ1) is 18.2. The molecule has 120 valence electrons. The second kappa shape index (κ2) is 9.22. The van der Waals surface area contributed by atoms with E-state index in [1.165, 1.54) is 28.4 Å². The van der Waals surface area contributed by atoms with Crippen LogP contribution < -0.4 is 0 Å². The molecule has 0 amide bonds. The van der Waals surface area contributed by atoms with Crippen LogP contribution >= 0.6 is 12.0 Å². The van der Waals surface area contributed by atoms with Crippen LogP contribution in [0.4, 0.5) is 5.82 Å². The van der Waals surface area contributed by atoms with Gasteiger partial charge in [-0.15, -0.1) is 0 Å². The first-order valence-electron chi connectivity index (χ1n) is 7.10. The highest BCUT2D eigenvalue weighted by molar-refractivity contribution is 7.94. The minimum Gasteiger partial charge on any atom is -0.358 e. The zero-order valence-electron chi connectivity index (χ0n) is 13.3. The van der Waals surface area contributed by atoms with Gasteiger partial charge in [-0.05, 0) is 24.0 Å². The highest BCUT2D eigenvalue weighted by atomic mass is 32.2. The van der Waals surface area contributed by atoms with Crippen molar-refractivity contribution in [2.75, 3.05) is 6.61 Å². The van der Waals surface area contributed by atoms with Crippen molar-refractivity contribution in [1.29, 1.82) is 0 Å². The maximum Gasteiger partial charge on any atom is 0.342 e. The number of imidazole rings is 1. The van der Waals surface area contributed by atoms with Crippen LogP contribution in [-0.4, -0.2) is 21.1 Å². The van der Waals surface area contributed by atoms with E-state index in [-0.39, 0.29) is 5.82 Å². The third-order valence-corrected chi connectivity index (χ3v) is 3.54. The molecule has 2 aromatic rings. The molecule has 6 nitrogen and oxygen atoms in total. The molecule has 1 aromatic heterocycles. The molecule has 7 heteroatoms. The van der Waals surface area contributed by atoms with E-state index in [0.717, 1.165) is 4.90 Å². The van der Waals surface area contributed by atoms with Gasteiger partial charge in [0.15, 0.2) is 5.82 Å². The summed E-state index contributed by atoms with van der Waals surface area (Å²) >= 11 is 1.27. The zero-order valence-corrected chi connectivity index (χ0v) is 14.1. The first-order valence-corrected chi connectivity index (χ1v) is 7.85. The standard InChI is InChI=1S/C13H15N3O3S.C2H6/c1-10-3-5-12(6-4-10)20-19-8-7-15-11(2)14-9-13(15)16(17)18;1-2/h3-6,9H,7-8H2,1-2H3;1-2H3. The fraction of sp³-hybridized carbons (Fsp3) is 0.400. The number of nitro groups is 1. The van der Waals surface area contributed by atoms with Gasteiger partial charge in [-0.3, -0.25) is 0 Å². The van der Waals surface area contributed by atoms with Crippen LogP contribution in [0.2, 0.25) is 0 Å². The van der Waals surface area contributed by atoms with Crippen molar-refractivity contribution < 1.29 is 9.11 Å². The Morgan fingerprint density at radius 2 is 1.91 bits per heavy atom. The van der Waals surface area contributed by atoms with Crippen LogP contribution in [0.3, 0.4) is 0 Å². The van der Waals surface area contributed by atoms with Gasteiger partial charge in [0, 0.05) is 23.9 Å². The molecular weight excluding hydrogens is 302 g/mol. The number of hydrogen-bond acceptors (Lipinski definition) is 5. The van der Waals surface area contributed by atoms with Crippen LogP contribution in [0.5, 0.6) is 0 Å². The Bertz CT molecular complexity index is 597. The van der Waals surface area contributed by atoms with Gasteiger partial charge in [-0.2, -0.15) is 0 Å². The molecule has 0 unspecified atom stereocenters. The van der Waals surface area contributed by atoms with Crippen molar-refractivity contribution in [2.24, 2.45) is 0 Å². The Balaban J connectivity index is 0.00000116. The van der Waals surface area contributed by atoms with Crippen molar-refractivity contribution >= 4 is 17.9 Å². The fourth-order valence-corrected chi connectivity index (χ4v) is 2.25. The minimum atomic E-state index is -0.437. The summed E-state index contributed by atoms with van der Waals surface area (Å²) in [6.07, 6.45) is 1.27. The average Bonchev–Trinajstić information content (AvgIpc) is 2.89. The maximum absolute atomic E-state index is 10.8. The summed E-state index contributed by atoms with van der Waals surface area (Å²) in [6.45, 7) is 8.54. The van der Waals surface area contributed by atoms with Gasteiger partial charge in [0.2, 0.25) is 0 Å². The second-order valence-corrected chi connectivity index (χ2v) is 5.16. The summed E-state index contributed by atoms with van der Waals surface area (Å²) in [5.41, 5.74) is 1.19. The molecule has 0 atom stereocenters. The molecule has 0 N–H and O–H groups in total. The summed E-state index contributed by atoms with van der Waals surface area (Å²) in [7, 11) is 0. The van der Waals surface area contributed by atoms with Gasteiger partial charge in [0.25, 0.3) is 0 Å². The lowest BCUT2D eigenvalue weighted by Gasteiger charge is -2.04. The molecule has 1 aromatic carbocycles. The van der Waals surface area contributed by atoms with Crippen LogP contribution in [0.15, 0.2) is 35.4 Å². The molecule has 0 aliphatic carbocycles. The Hall–Kier alpha value is -1.86. The highest BCUT2D eigenvalue weighted by Gasteiger charge is 2.16. The highest BCUT2D eigenvalue weighted by Crippen LogP contribution is 2.20. The number of aromatic nitrogens is 2. The molecule has 0 spiro atoms. The first-order chi connectivity index (χ1) is 10.6. The molecule has 0 saturated heterocycles. The number of nitrogens with zero attached hydrogens (tertiary/aromatic N) is 3. The molecule has 0 fully saturated rings. The monoisotopic (exact) mass is 323 g/mol. The second-order valence-electron chi connectivity index (χ2n) is 4.29. The minimum absolute atomic E-state index is 0.00793. The number of rotatable bonds is 6. The van der Waals surface area contributed by atoms with Crippen molar-refractivity contribution in [3.8, 4) is 0 Å². The smallest absolute Gasteiger partial charge is 0.342 e. The van der Waals surface area contributed by atoms with Gasteiger partial charge in [-0.1, -0.05) is 31.5 Å². The van der Waals surface area contributed by atoms with Crippen LogP contribution in [0.25, 0.3) is 0 Å². The lowest BCUT2D eigenvalue weighted by atomic mass is 10.2. The van der Waals surface area contributed by atoms with E-state index in [0.29, 0.717) is 19.0 Å².